The molecule has 3 aliphatic heterocycles. The third-order valence-electron chi connectivity index (χ3n) is 7.03. The van der Waals surface area contributed by atoms with E-state index in [1.807, 2.05) is 25.7 Å². The van der Waals surface area contributed by atoms with Gasteiger partial charge in [0.2, 0.25) is 5.88 Å². The van der Waals surface area contributed by atoms with Gasteiger partial charge in [-0.05, 0) is 73.5 Å². The van der Waals surface area contributed by atoms with Crippen LogP contribution in [0.1, 0.15) is 52.0 Å². The van der Waals surface area contributed by atoms with Gasteiger partial charge in [0.1, 0.15) is 11.4 Å². The molecule has 0 spiro atoms. The predicted octanol–water partition coefficient (Wildman–Crippen LogP) is 5.04. The molecule has 0 aromatic carbocycles. The van der Waals surface area contributed by atoms with Crippen LogP contribution in [0.3, 0.4) is 0 Å². The third-order valence-corrected chi connectivity index (χ3v) is 7.29. The number of halogens is 2. The van der Waals surface area contributed by atoms with E-state index in [0.29, 0.717) is 41.1 Å². The fraction of sp³-hybridized carbons (Fsp3) is 0.654. The van der Waals surface area contributed by atoms with Crippen LogP contribution in [0.15, 0.2) is 6.20 Å². The van der Waals surface area contributed by atoms with Crippen molar-refractivity contribution < 1.29 is 18.7 Å². The molecular weight excluding hydrogens is 485 g/mol. The number of piperazine rings is 1. The summed E-state index contributed by atoms with van der Waals surface area (Å²) in [5, 5.41) is 0.763. The molecule has 3 saturated heterocycles. The van der Waals surface area contributed by atoms with Gasteiger partial charge >= 0.3 is 6.09 Å². The molecule has 2 aromatic heterocycles. The summed E-state index contributed by atoms with van der Waals surface area (Å²) in [7, 11) is 3.68. The molecule has 2 unspecified atom stereocenters. The molecule has 36 heavy (non-hydrogen) atoms. The maximum atomic E-state index is 14.8. The summed E-state index contributed by atoms with van der Waals surface area (Å²) in [5.41, 5.74) is 0.0338. The highest BCUT2D eigenvalue weighted by Crippen LogP contribution is 2.39. The summed E-state index contributed by atoms with van der Waals surface area (Å²) in [5.74, 6) is 0.362. The largest absolute Gasteiger partial charge is 0.481 e. The van der Waals surface area contributed by atoms with Crippen LogP contribution in [0.25, 0.3) is 10.8 Å². The first-order chi connectivity index (χ1) is 17.0. The van der Waals surface area contributed by atoms with E-state index in [1.54, 1.807) is 13.1 Å². The number of carbonyl (C=O) groups is 1. The lowest BCUT2D eigenvalue weighted by Crippen LogP contribution is -2.57. The van der Waals surface area contributed by atoms with Crippen molar-refractivity contribution in [3.05, 3.63) is 22.7 Å². The molecule has 10 heteroatoms. The van der Waals surface area contributed by atoms with Crippen LogP contribution in [0, 0.1) is 12.7 Å². The first-order valence-corrected chi connectivity index (χ1v) is 13.0. The SMILES string of the molecule is CN1CCCC1.COc1nc(N2CC3CCC(C2)N3C(=O)OC(C)(C)C)c2cnc(Cl)c(F)c2c1C. The molecule has 3 fully saturated rings. The molecule has 8 nitrogen and oxygen atoms in total. The van der Waals surface area contributed by atoms with Gasteiger partial charge in [0.05, 0.1) is 19.2 Å². The number of aryl methyl sites for hydroxylation is 1. The number of hydrogen-bond donors (Lipinski definition) is 0. The lowest BCUT2D eigenvalue weighted by Gasteiger charge is -2.42. The van der Waals surface area contributed by atoms with Gasteiger partial charge in [0, 0.05) is 35.6 Å². The maximum absolute atomic E-state index is 14.8. The van der Waals surface area contributed by atoms with Crippen molar-refractivity contribution >= 4 is 34.3 Å². The number of hydrogen-bond acceptors (Lipinski definition) is 7. The standard InChI is InChI=1S/C21H26ClFN4O3.C5H11N/c1-11-15-14(8-24-17(22)16(15)23)18(25-19(11)29-5)26-9-12-6-7-13(10-26)27(12)20(28)30-21(2,3)4;1-6-4-2-3-5-6/h8,12-13H,6-7,9-10H2,1-5H3;2-5H2,1H3. The van der Waals surface area contributed by atoms with Crippen LogP contribution in [0.4, 0.5) is 15.0 Å². The summed E-state index contributed by atoms with van der Waals surface area (Å²) < 4.78 is 25.9. The van der Waals surface area contributed by atoms with Crippen molar-refractivity contribution in [1.29, 1.82) is 0 Å². The van der Waals surface area contributed by atoms with Gasteiger partial charge in [-0.2, -0.15) is 4.98 Å². The smallest absolute Gasteiger partial charge is 0.410 e. The van der Waals surface area contributed by atoms with Crippen LogP contribution in [0.5, 0.6) is 5.88 Å². The van der Waals surface area contributed by atoms with Crippen molar-refractivity contribution in [3.8, 4) is 5.88 Å². The van der Waals surface area contributed by atoms with Crippen LogP contribution in [0.2, 0.25) is 5.15 Å². The summed E-state index contributed by atoms with van der Waals surface area (Å²) in [4.78, 5) is 27.7. The van der Waals surface area contributed by atoms with Crippen LogP contribution < -0.4 is 9.64 Å². The van der Waals surface area contributed by atoms with Gasteiger partial charge in [-0.1, -0.05) is 11.6 Å². The van der Waals surface area contributed by atoms with Gasteiger partial charge in [-0.25, -0.2) is 14.2 Å². The molecule has 0 saturated carbocycles. The number of aromatic nitrogens is 2. The number of nitrogens with zero attached hydrogens (tertiary/aromatic N) is 5. The van der Waals surface area contributed by atoms with Gasteiger partial charge < -0.3 is 19.3 Å². The Hall–Kier alpha value is -2.39. The predicted molar refractivity (Wildman–Crippen MR) is 140 cm³/mol. The van der Waals surface area contributed by atoms with E-state index in [4.69, 9.17) is 21.1 Å². The zero-order valence-electron chi connectivity index (χ0n) is 22.1. The summed E-state index contributed by atoms with van der Waals surface area (Å²) in [6.07, 6.45) is 5.87. The Balaban J connectivity index is 0.000000445. The highest BCUT2D eigenvalue weighted by Gasteiger charge is 2.45. The number of methoxy groups -OCH3 is 1. The Bertz CT molecular complexity index is 1110. The fourth-order valence-electron chi connectivity index (χ4n) is 5.35. The fourth-order valence-corrected chi connectivity index (χ4v) is 5.49. The van der Waals surface area contributed by atoms with Gasteiger partial charge in [-0.15, -0.1) is 0 Å². The Kier molecular flexibility index (Phi) is 7.80. The Morgan fingerprint density at radius 2 is 1.78 bits per heavy atom. The molecule has 0 aliphatic carbocycles. The highest BCUT2D eigenvalue weighted by atomic mass is 35.5. The molecule has 0 N–H and O–H groups in total. The van der Waals surface area contributed by atoms with Crippen LogP contribution >= 0.6 is 11.6 Å². The second kappa shape index (κ2) is 10.5. The van der Waals surface area contributed by atoms with Crippen molar-refractivity contribution in [2.24, 2.45) is 0 Å². The molecule has 2 aromatic rings. The molecular formula is C26H37ClFN5O3. The van der Waals surface area contributed by atoms with E-state index >= 15 is 0 Å². The highest BCUT2D eigenvalue weighted by molar-refractivity contribution is 6.30. The Morgan fingerprint density at radius 1 is 1.17 bits per heavy atom. The number of pyridine rings is 2. The molecule has 3 aliphatic rings. The minimum absolute atomic E-state index is 0.00727. The zero-order chi connectivity index (χ0) is 26.2. The monoisotopic (exact) mass is 521 g/mol. The quantitative estimate of drug-likeness (QED) is 0.513. The molecule has 5 rings (SSSR count). The summed E-state index contributed by atoms with van der Waals surface area (Å²) in [6.45, 7) is 11.1. The van der Waals surface area contributed by atoms with Crippen molar-refractivity contribution in [1.82, 2.24) is 19.8 Å². The second-order valence-electron chi connectivity index (χ2n) is 10.9. The minimum atomic E-state index is -0.580. The minimum Gasteiger partial charge on any atom is -0.481 e. The lowest BCUT2D eigenvalue weighted by atomic mass is 10.1. The number of carbonyl (C=O) groups excluding carboxylic acids is 1. The lowest BCUT2D eigenvalue weighted by molar-refractivity contribution is 0.0123. The number of ether oxygens (including phenoxy) is 2. The van der Waals surface area contributed by atoms with Gasteiger partial charge in [0.25, 0.3) is 0 Å². The molecule has 198 valence electrons. The molecule has 1 amide bonds. The third kappa shape index (κ3) is 5.47. The second-order valence-corrected chi connectivity index (χ2v) is 11.3. The molecule has 2 bridgehead atoms. The molecule has 5 heterocycles. The van der Waals surface area contributed by atoms with E-state index in [-0.39, 0.29) is 23.3 Å². The maximum Gasteiger partial charge on any atom is 0.410 e. The van der Waals surface area contributed by atoms with Gasteiger partial charge in [-0.3, -0.25) is 4.90 Å². The van der Waals surface area contributed by atoms with Crippen molar-refractivity contribution in [3.63, 3.8) is 0 Å². The number of amides is 1. The van der Waals surface area contributed by atoms with Crippen LogP contribution in [-0.4, -0.2) is 83.9 Å². The van der Waals surface area contributed by atoms with E-state index in [1.165, 1.54) is 33.0 Å². The van der Waals surface area contributed by atoms with E-state index in [2.05, 4.69) is 26.8 Å². The summed E-state index contributed by atoms with van der Waals surface area (Å²) >= 11 is 5.94. The van der Waals surface area contributed by atoms with Crippen molar-refractivity contribution in [2.75, 3.05) is 45.2 Å². The number of rotatable bonds is 2. The van der Waals surface area contributed by atoms with Gasteiger partial charge in [0.15, 0.2) is 11.0 Å². The molecule has 2 atom stereocenters. The number of fused-ring (bicyclic) bond motifs is 3. The van der Waals surface area contributed by atoms with E-state index in [0.717, 1.165) is 12.8 Å². The van der Waals surface area contributed by atoms with Crippen molar-refractivity contribution in [2.45, 2.75) is 71.1 Å². The topological polar surface area (TPSA) is 71.0 Å². The Morgan fingerprint density at radius 3 is 2.28 bits per heavy atom. The zero-order valence-corrected chi connectivity index (χ0v) is 22.9. The molecule has 0 radical (unpaired) electrons. The first-order valence-electron chi connectivity index (χ1n) is 12.6. The average Bonchev–Trinajstić information content (AvgIpc) is 3.39. The van der Waals surface area contributed by atoms with E-state index < -0.39 is 11.4 Å². The summed E-state index contributed by atoms with van der Waals surface area (Å²) in [6, 6.07) is 0.0145. The average molecular weight is 522 g/mol. The first kappa shape index (κ1) is 26.7. The number of anilines is 1. The van der Waals surface area contributed by atoms with Crippen LogP contribution in [-0.2, 0) is 4.74 Å². The van der Waals surface area contributed by atoms with E-state index in [9.17, 15) is 9.18 Å². The Labute approximate surface area is 217 Å². The number of likely N-dealkylation sites (tertiary alicyclic amines) is 1. The normalized spacial score (nSPS) is 22.0.